The van der Waals surface area contributed by atoms with Crippen LogP contribution >= 0.6 is 11.8 Å². The number of aryl methyl sites for hydroxylation is 1. The fraction of sp³-hybridized carbons (Fsp3) is 0.438. The van der Waals surface area contributed by atoms with Gasteiger partial charge in [-0.1, -0.05) is 23.9 Å². The van der Waals surface area contributed by atoms with Gasteiger partial charge in [0.25, 0.3) is 0 Å². The molecule has 1 heterocycles. The van der Waals surface area contributed by atoms with Gasteiger partial charge in [-0.2, -0.15) is 0 Å². The van der Waals surface area contributed by atoms with E-state index in [4.69, 9.17) is 5.14 Å². The number of carbonyl (C=O) groups excluding carboxylic acids is 1. The van der Waals surface area contributed by atoms with Crippen molar-refractivity contribution >= 4 is 27.7 Å². The molecule has 0 spiro atoms. The molecule has 140 valence electrons. The van der Waals surface area contributed by atoms with Gasteiger partial charge in [0.05, 0.1) is 16.7 Å². The normalized spacial score (nSPS) is 15.7. The summed E-state index contributed by atoms with van der Waals surface area (Å²) in [5.74, 6) is 0.990. The minimum atomic E-state index is -3.72. The molecule has 3 N–H and O–H groups in total. The maximum atomic E-state index is 12.2. The van der Waals surface area contributed by atoms with E-state index in [0.29, 0.717) is 6.04 Å². The van der Waals surface area contributed by atoms with E-state index in [1.807, 2.05) is 13.8 Å². The van der Waals surface area contributed by atoms with Crippen LogP contribution < -0.4 is 10.5 Å². The average molecular weight is 396 g/mol. The van der Waals surface area contributed by atoms with Gasteiger partial charge in [0.15, 0.2) is 5.16 Å². The summed E-state index contributed by atoms with van der Waals surface area (Å²) in [5, 5.41) is 17.0. The number of hydrogen-bond donors (Lipinski definition) is 2. The quantitative estimate of drug-likeness (QED) is 0.686. The fourth-order valence-electron chi connectivity index (χ4n) is 2.64. The lowest BCUT2D eigenvalue weighted by Crippen LogP contribution is -2.28. The molecule has 1 atom stereocenters. The summed E-state index contributed by atoms with van der Waals surface area (Å²) in [5.41, 5.74) is 0.799. The number of nitrogens with two attached hydrogens (primary N) is 1. The van der Waals surface area contributed by atoms with E-state index in [-0.39, 0.29) is 22.6 Å². The molecule has 1 aliphatic carbocycles. The third kappa shape index (κ3) is 4.43. The Morgan fingerprint density at radius 1 is 1.35 bits per heavy atom. The van der Waals surface area contributed by atoms with Gasteiger partial charge >= 0.3 is 0 Å². The molecule has 8 nitrogen and oxygen atoms in total. The molecule has 26 heavy (non-hydrogen) atoms. The number of primary sulfonamides is 1. The number of nitrogens with one attached hydrogen (secondary N) is 1. The Morgan fingerprint density at radius 3 is 2.58 bits per heavy atom. The molecule has 0 radical (unpaired) electrons. The van der Waals surface area contributed by atoms with Gasteiger partial charge < -0.3 is 9.88 Å². The van der Waals surface area contributed by atoms with Crippen LogP contribution in [0.4, 0.5) is 0 Å². The minimum Gasteiger partial charge on any atom is -0.349 e. The molecular formula is C16H21N5O3S2. The number of nitrogens with zero attached hydrogens (tertiary/aromatic N) is 3. The first kappa shape index (κ1) is 18.9. The highest BCUT2D eigenvalue weighted by Crippen LogP contribution is 2.38. The van der Waals surface area contributed by atoms with Crippen LogP contribution in [0.15, 0.2) is 34.3 Å². The zero-order valence-electron chi connectivity index (χ0n) is 14.5. The molecule has 0 saturated heterocycles. The summed E-state index contributed by atoms with van der Waals surface area (Å²) in [6, 6.07) is 6.37. The Morgan fingerprint density at radius 2 is 2.00 bits per heavy atom. The Bertz CT molecular complexity index is 904. The van der Waals surface area contributed by atoms with Crippen molar-refractivity contribution in [1.29, 1.82) is 0 Å². The van der Waals surface area contributed by atoms with Crippen molar-refractivity contribution in [2.45, 2.75) is 48.8 Å². The molecule has 1 amide bonds. The third-order valence-corrected chi connectivity index (χ3v) is 6.04. The van der Waals surface area contributed by atoms with Crippen molar-refractivity contribution < 1.29 is 13.2 Å². The molecule has 1 aliphatic rings. The lowest BCUT2D eigenvalue weighted by atomic mass is 10.1. The van der Waals surface area contributed by atoms with E-state index in [1.54, 1.807) is 12.1 Å². The number of aromatic nitrogens is 3. The zero-order valence-corrected chi connectivity index (χ0v) is 16.2. The fourth-order valence-corrected chi connectivity index (χ4v) is 4.02. The lowest BCUT2D eigenvalue weighted by Gasteiger charge is -2.14. The number of benzene rings is 1. The van der Waals surface area contributed by atoms with Gasteiger partial charge in [0.1, 0.15) is 5.82 Å². The summed E-state index contributed by atoms with van der Waals surface area (Å²) in [6.07, 6.45) is 2.26. The van der Waals surface area contributed by atoms with Crippen LogP contribution in [-0.4, -0.2) is 34.8 Å². The molecule has 1 aromatic carbocycles. The maximum Gasteiger partial charge on any atom is 0.238 e. The van der Waals surface area contributed by atoms with Crippen molar-refractivity contribution in [3.8, 4) is 0 Å². The predicted molar refractivity (Wildman–Crippen MR) is 98.1 cm³/mol. The van der Waals surface area contributed by atoms with Gasteiger partial charge in [0.2, 0.25) is 15.9 Å². The maximum absolute atomic E-state index is 12.2. The third-order valence-electron chi connectivity index (χ3n) is 4.17. The van der Waals surface area contributed by atoms with E-state index in [0.717, 1.165) is 29.4 Å². The Kier molecular flexibility index (Phi) is 5.35. The van der Waals surface area contributed by atoms with E-state index in [2.05, 4.69) is 20.1 Å². The number of amides is 1. The van der Waals surface area contributed by atoms with Crippen LogP contribution in [0.25, 0.3) is 0 Å². The molecule has 0 bridgehead atoms. The van der Waals surface area contributed by atoms with Gasteiger partial charge in [-0.05, 0) is 44.4 Å². The van der Waals surface area contributed by atoms with Crippen molar-refractivity contribution in [2.24, 2.45) is 5.14 Å². The highest BCUT2D eigenvalue weighted by atomic mass is 32.2. The smallest absolute Gasteiger partial charge is 0.238 e. The monoisotopic (exact) mass is 395 g/mol. The lowest BCUT2D eigenvalue weighted by molar-refractivity contribution is -0.119. The SMILES string of the molecule is Cc1nnc(SCC(=O)N[C@H](C)c2ccc(S(N)(=O)=O)cc2)n1C1CC1. The summed E-state index contributed by atoms with van der Waals surface area (Å²) in [7, 11) is -3.72. The van der Waals surface area contributed by atoms with Gasteiger partial charge in [-0.15, -0.1) is 10.2 Å². The summed E-state index contributed by atoms with van der Waals surface area (Å²) >= 11 is 1.37. The molecular weight excluding hydrogens is 374 g/mol. The van der Waals surface area contributed by atoms with Gasteiger partial charge in [-0.3, -0.25) is 4.79 Å². The van der Waals surface area contributed by atoms with E-state index in [1.165, 1.54) is 23.9 Å². The Balaban J connectivity index is 1.56. The first-order valence-electron chi connectivity index (χ1n) is 8.22. The molecule has 1 fully saturated rings. The topological polar surface area (TPSA) is 120 Å². The summed E-state index contributed by atoms with van der Waals surface area (Å²) in [6.45, 7) is 3.76. The second-order valence-electron chi connectivity index (χ2n) is 6.32. The Hall–Kier alpha value is -1.91. The molecule has 10 heteroatoms. The minimum absolute atomic E-state index is 0.0464. The number of hydrogen-bond acceptors (Lipinski definition) is 6. The van der Waals surface area contributed by atoms with Crippen molar-refractivity contribution in [1.82, 2.24) is 20.1 Å². The zero-order chi connectivity index (χ0) is 18.9. The van der Waals surface area contributed by atoms with E-state index < -0.39 is 10.0 Å². The molecule has 2 aromatic rings. The molecule has 0 unspecified atom stereocenters. The number of carbonyl (C=O) groups is 1. The first-order chi connectivity index (χ1) is 12.3. The predicted octanol–water partition coefficient (Wildman–Crippen LogP) is 1.54. The summed E-state index contributed by atoms with van der Waals surface area (Å²) in [4.78, 5) is 12.3. The van der Waals surface area contributed by atoms with Crippen LogP contribution in [0.3, 0.4) is 0 Å². The number of rotatable bonds is 7. The van der Waals surface area contributed by atoms with Gasteiger partial charge in [0, 0.05) is 6.04 Å². The van der Waals surface area contributed by atoms with Gasteiger partial charge in [-0.25, -0.2) is 13.6 Å². The Labute approximate surface area is 156 Å². The van der Waals surface area contributed by atoms with E-state index >= 15 is 0 Å². The first-order valence-corrected chi connectivity index (χ1v) is 10.8. The van der Waals surface area contributed by atoms with Crippen LogP contribution in [0.1, 0.15) is 43.2 Å². The average Bonchev–Trinajstić information content (AvgIpc) is 3.35. The second-order valence-corrected chi connectivity index (χ2v) is 8.83. The molecule has 1 aromatic heterocycles. The van der Waals surface area contributed by atoms with Crippen LogP contribution in [0, 0.1) is 6.92 Å². The highest BCUT2D eigenvalue weighted by Gasteiger charge is 2.28. The van der Waals surface area contributed by atoms with E-state index in [9.17, 15) is 13.2 Å². The van der Waals surface area contributed by atoms with Crippen molar-refractivity contribution in [3.05, 3.63) is 35.7 Å². The number of thioether (sulfide) groups is 1. The standard InChI is InChI=1S/C16H21N5O3S2/c1-10(12-3-7-14(8-4-12)26(17,23)24)18-15(22)9-25-16-20-19-11(2)21(16)13-5-6-13/h3-4,7-8,10,13H,5-6,9H2,1-2H3,(H,18,22)(H2,17,23,24)/t10-/m1/s1. The highest BCUT2D eigenvalue weighted by molar-refractivity contribution is 7.99. The number of sulfonamides is 1. The van der Waals surface area contributed by atoms with Crippen LogP contribution in [-0.2, 0) is 14.8 Å². The molecule has 1 saturated carbocycles. The second kappa shape index (κ2) is 7.37. The molecule has 0 aliphatic heterocycles. The van der Waals surface area contributed by atoms with Crippen molar-refractivity contribution in [3.63, 3.8) is 0 Å². The van der Waals surface area contributed by atoms with Crippen LogP contribution in [0.2, 0.25) is 0 Å². The van der Waals surface area contributed by atoms with Crippen molar-refractivity contribution in [2.75, 3.05) is 5.75 Å². The summed E-state index contributed by atoms with van der Waals surface area (Å²) < 4.78 is 24.7. The molecule has 3 rings (SSSR count). The largest absolute Gasteiger partial charge is 0.349 e. The van der Waals surface area contributed by atoms with Crippen LogP contribution in [0.5, 0.6) is 0 Å².